The highest BCUT2D eigenvalue weighted by Crippen LogP contribution is 2.28. The summed E-state index contributed by atoms with van der Waals surface area (Å²) in [6, 6.07) is 7.20. The molecular weight excluding hydrogens is 278 g/mol. The Kier molecular flexibility index (Phi) is 4.61. The molecule has 1 unspecified atom stereocenters. The number of methoxy groups -OCH3 is 1. The van der Waals surface area contributed by atoms with Gasteiger partial charge in [-0.3, -0.25) is 4.79 Å². The monoisotopic (exact) mass is 293 g/mol. The van der Waals surface area contributed by atoms with Gasteiger partial charge < -0.3 is 4.74 Å². The van der Waals surface area contributed by atoms with Crippen molar-refractivity contribution in [1.29, 1.82) is 0 Å². The van der Waals surface area contributed by atoms with Crippen molar-refractivity contribution in [3.05, 3.63) is 40.9 Å². The van der Waals surface area contributed by atoms with E-state index in [0.29, 0.717) is 5.56 Å². The molecule has 1 aromatic heterocycles. The number of aryl methyl sites for hydroxylation is 1. The zero-order valence-electron chi connectivity index (χ0n) is 11.0. The van der Waals surface area contributed by atoms with E-state index in [9.17, 15) is 4.79 Å². The third kappa shape index (κ3) is 3.58. The van der Waals surface area contributed by atoms with Gasteiger partial charge in [0.05, 0.1) is 12.4 Å². The van der Waals surface area contributed by atoms with Crippen molar-refractivity contribution >= 4 is 28.9 Å². The van der Waals surface area contributed by atoms with E-state index in [0.717, 1.165) is 15.8 Å². The van der Waals surface area contributed by atoms with Gasteiger partial charge in [-0.15, -0.1) is 11.3 Å². The Labute approximate surface area is 121 Å². The lowest BCUT2D eigenvalue weighted by atomic mass is 10.1. The van der Waals surface area contributed by atoms with Crippen LogP contribution < -0.4 is 4.74 Å². The molecule has 2 rings (SSSR count). The number of ether oxygens (including phenoxy) is 1. The van der Waals surface area contributed by atoms with Crippen molar-refractivity contribution in [2.45, 2.75) is 23.4 Å². The Morgan fingerprint density at radius 1 is 1.37 bits per heavy atom. The van der Waals surface area contributed by atoms with Crippen LogP contribution in [0.1, 0.15) is 23.0 Å². The number of carbonyl (C=O) groups is 1. The number of hydrogen-bond donors (Lipinski definition) is 0. The lowest BCUT2D eigenvalue weighted by Crippen LogP contribution is -2.13. The van der Waals surface area contributed by atoms with Gasteiger partial charge in [-0.25, -0.2) is 4.98 Å². The molecule has 0 amide bonds. The van der Waals surface area contributed by atoms with Crippen molar-refractivity contribution in [3.63, 3.8) is 0 Å². The van der Waals surface area contributed by atoms with Crippen LogP contribution in [0, 0.1) is 6.92 Å². The maximum atomic E-state index is 12.3. The van der Waals surface area contributed by atoms with Gasteiger partial charge in [0.2, 0.25) is 0 Å². The highest BCUT2D eigenvalue weighted by molar-refractivity contribution is 8.02. The highest BCUT2D eigenvalue weighted by atomic mass is 32.2. The second-order valence-electron chi connectivity index (χ2n) is 4.11. The fraction of sp³-hybridized carbons (Fsp3) is 0.286. The van der Waals surface area contributed by atoms with E-state index < -0.39 is 0 Å². The van der Waals surface area contributed by atoms with Crippen LogP contribution in [0.4, 0.5) is 0 Å². The first-order valence-electron chi connectivity index (χ1n) is 5.87. The molecule has 1 heterocycles. The van der Waals surface area contributed by atoms with E-state index in [1.807, 2.05) is 19.2 Å². The van der Waals surface area contributed by atoms with Gasteiger partial charge >= 0.3 is 0 Å². The number of nitrogens with zero attached hydrogens (tertiary/aromatic N) is 1. The van der Waals surface area contributed by atoms with E-state index >= 15 is 0 Å². The molecule has 0 aliphatic rings. The molecule has 100 valence electrons. The Morgan fingerprint density at radius 2 is 2.05 bits per heavy atom. The summed E-state index contributed by atoms with van der Waals surface area (Å²) in [5.41, 5.74) is 1.70. The van der Waals surface area contributed by atoms with Crippen LogP contribution in [0.5, 0.6) is 5.75 Å². The normalized spacial score (nSPS) is 12.2. The molecule has 0 radical (unpaired) electrons. The van der Waals surface area contributed by atoms with Crippen molar-refractivity contribution in [1.82, 2.24) is 4.98 Å². The zero-order valence-corrected chi connectivity index (χ0v) is 12.7. The minimum Gasteiger partial charge on any atom is -0.497 e. The molecule has 0 spiro atoms. The smallest absolute Gasteiger partial charge is 0.175 e. The van der Waals surface area contributed by atoms with Gasteiger partial charge in [-0.2, -0.15) is 0 Å². The first-order valence-corrected chi connectivity index (χ1v) is 7.63. The summed E-state index contributed by atoms with van der Waals surface area (Å²) in [4.78, 5) is 16.6. The van der Waals surface area contributed by atoms with Crippen molar-refractivity contribution in [2.75, 3.05) is 7.11 Å². The second kappa shape index (κ2) is 6.21. The number of benzene rings is 1. The Morgan fingerprint density at radius 3 is 2.58 bits per heavy atom. The molecule has 1 aromatic carbocycles. The Bertz CT molecular complexity index is 563. The fourth-order valence-corrected chi connectivity index (χ4v) is 3.64. The molecule has 0 bridgehead atoms. The molecular formula is C14H15NO2S2. The third-order valence-corrected chi connectivity index (χ3v) is 4.81. The predicted octanol–water partition coefficient (Wildman–Crippen LogP) is 3.82. The predicted molar refractivity (Wildman–Crippen MR) is 79.5 cm³/mol. The van der Waals surface area contributed by atoms with Crippen molar-refractivity contribution in [2.24, 2.45) is 0 Å². The van der Waals surface area contributed by atoms with Crippen LogP contribution >= 0.6 is 23.1 Å². The highest BCUT2D eigenvalue weighted by Gasteiger charge is 2.17. The van der Waals surface area contributed by atoms with Crippen molar-refractivity contribution < 1.29 is 9.53 Å². The number of hydrogen-bond acceptors (Lipinski definition) is 5. The van der Waals surface area contributed by atoms with Crippen LogP contribution in [-0.2, 0) is 0 Å². The summed E-state index contributed by atoms with van der Waals surface area (Å²) < 4.78 is 6.02. The standard InChI is InChI=1S/C14H15NO2S2/c1-9-8-18-14(15-9)19-10(2)13(16)11-4-6-12(17-3)7-5-11/h4-8,10H,1-3H3. The SMILES string of the molecule is COc1ccc(C(=O)C(C)Sc2nc(C)cs2)cc1. The van der Waals surface area contributed by atoms with Gasteiger partial charge in [0.15, 0.2) is 10.1 Å². The maximum Gasteiger partial charge on any atom is 0.175 e. The molecule has 3 nitrogen and oxygen atoms in total. The van der Waals surface area contributed by atoms with E-state index in [1.165, 1.54) is 11.8 Å². The van der Waals surface area contributed by atoms with Crippen LogP contribution in [0.2, 0.25) is 0 Å². The molecule has 0 N–H and O–H groups in total. The number of thioether (sulfide) groups is 1. The van der Waals surface area contributed by atoms with Gasteiger partial charge in [0.1, 0.15) is 5.75 Å². The third-order valence-electron chi connectivity index (χ3n) is 2.62. The number of thiazole rings is 1. The van der Waals surface area contributed by atoms with Crippen LogP contribution in [0.25, 0.3) is 0 Å². The first kappa shape index (κ1) is 14.1. The molecule has 0 aliphatic carbocycles. The van der Waals surface area contributed by atoms with Crippen LogP contribution in [0.15, 0.2) is 34.0 Å². The number of carbonyl (C=O) groups excluding carboxylic acids is 1. The minimum atomic E-state index is -0.140. The summed E-state index contributed by atoms with van der Waals surface area (Å²) >= 11 is 3.08. The Hall–Kier alpha value is -1.33. The van der Waals surface area contributed by atoms with Crippen LogP contribution in [-0.4, -0.2) is 23.1 Å². The molecule has 19 heavy (non-hydrogen) atoms. The largest absolute Gasteiger partial charge is 0.497 e. The average Bonchev–Trinajstić information content (AvgIpc) is 2.83. The zero-order chi connectivity index (χ0) is 13.8. The topological polar surface area (TPSA) is 39.2 Å². The summed E-state index contributed by atoms with van der Waals surface area (Å²) in [5, 5.41) is 1.85. The average molecular weight is 293 g/mol. The quantitative estimate of drug-likeness (QED) is 0.620. The molecule has 2 aromatic rings. The summed E-state index contributed by atoms with van der Waals surface area (Å²) in [6.07, 6.45) is 0. The molecule has 1 atom stereocenters. The van der Waals surface area contributed by atoms with Crippen LogP contribution in [0.3, 0.4) is 0 Å². The van der Waals surface area contributed by atoms with E-state index in [2.05, 4.69) is 4.98 Å². The minimum absolute atomic E-state index is 0.112. The van der Waals surface area contributed by atoms with Gasteiger partial charge in [0.25, 0.3) is 0 Å². The summed E-state index contributed by atoms with van der Waals surface area (Å²) in [6.45, 7) is 3.87. The molecule has 0 saturated heterocycles. The molecule has 5 heteroatoms. The van der Waals surface area contributed by atoms with E-state index in [1.54, 1.807) is 42.7 Å². The lowest BCUT2D eigenvalue weighted by molar-refractivity contribution is 0.0994. The van der Waals surface area contributed by atoms with Gasteiger partial charge in [0, 0.05) is 16.6 Å². The van der Waals surface area contributed by atoms with E-state index in [-0.39, 0.29) is 11.0 Å². The van der Waals surface area contributed by atoms with E-state index in [4.69, 9.17) is 4.74 Å². The number of aromatic nitrogens is 1. The summed E-state index contributed by atoms with van der Waals surface area (Å²) in [7, 11) is 1.61. The summed E-state index contributed by atoms with van der Waals surface area (Å²) in [5.74, 6) is 0.868. The maximum absolute atomic E-state index is 12.3. The molecule has 0 aliphatic heterocycles. The first-order chi connectivity index (χ1) is 9.10. The fourth-order valence-electron chi connectivity index (χ4n) is 1.58. The number of rotatable bonds is 5. The number of Topliss-reactive ketones (excluding diaryl/α,β-unsaturated/α-hetero) is 1. The van der Waals surface area contributed by atoms with Gasteiger partial charge in [-0.1, -0.05) is 11.8 Å². The van der Waals surface area contributed by atoms with Crippen molar-refractivity contribution in [3.8, 4) is 5.75 Å². The second-order valence-corrected chi connectivity index (χ2v) is 6.55. The Balaban J connectivity index is 2.05. The number of ketones is 1. The lowest BCUT2D eigenvalue weighted by Gasteiger charge is -2.08. The molecule has 0 fully saturated rings. The van der Waals surface area contributed by atoms with Gasteiger partial charge in [-0.05, 0) is 38.1 Å². The molecule has 0 saturated carbocycles.